The van der Waals surface area contributed by atoms with E-state index in [4.69, 9.17) is 9.47 Å². The number of nitrogens with zero attached hydrogens (tertiary/aromatic N) is 2. The van der Waals surface area contributed by atoms with E-state index in [-0.39, 0.29) is 18.1 Å². The average Bonchev–Trinajstić information content (AvgIpc) is 2.81. The number of amides is 2. The maximum Gasteiger partial charge on any atom is 0.244 e. The van der Waals surface area contributed by atoms with Crippen LogP contribution in [0.3, 0.4) is 0 Å². The van der Waals surface area contributed by atoms with Crippen LogP contribution in [-0.4, -0.2) is 63.7 Å². The summed E-state index contributed by atoms with van der Waals surface area (Å²) in [6, 6.07) is 11.7. The van der Waals surface area contributed by atoms with Crippen LogP contribution in [0, 0.1) is 6.92 Å². The summed E-state index contributed by atoms with van der Waals surface area (Å²) in [5.41, 5.74) is 2.16. The summed E-state index contributed by atoms with van der Waals surface area (Å²) in [5, 5.41) is 2.78. The summed E-state index contributed by atoms with van der Waals surface area (Å²) >= 11 is 0. The highest BCUT2D eigenvalue weighted by molar-refractivity contribution is 7.92. The largest absolute Gasteiger partial charge is 0.486 e. The Bertz CT molecular complexity index is 1170. The Morgan fingerprint density at radius 2 is 1.77 bits per heavy atom. The molecule has 10 heteroatoms. The number of sulfonamides is 1. The molecule has 0 fully saturated rings. The van der Waals surface area contributed by atoms with Gasteiger partial charge in [-0.05, 0) is 38.0 Å². The topological polar surface area (TPSA) is 105 Å². The molecule has 35 heavy (non-hydrogen) atoms. The number of likely N-dealkylation sites (N-methyl/N-ethyl adjacent to an activating group) is 1. The zero-order valence-electron chi connectivity index (χ0n) is 20.6. The molecule has 1 N–H and O–H groups in total. The molecule has 1 aliphatic rings. The number of rotatable bonds is 10. The standard InChI is InChI=1S/C25H33N3O6S/c1-5-21(25(30)26-6-2)27(16-19-9-7-8-18(3)14-19)24(29)17-28(35(4,31)32)20-10-11-22-23(15-20)34-13-12-33-22/h7-11,14-15,21H,5-6,12-13,16-17H2,1-4H3,(H,26,30). The van der Waals surface area contributed by atoms with Crippen molar-refractivity contribution in [1.82, 2.24) is 10.2 Å². The monoisotopic (exact) mass is 503 g/mol. The van der Waals surface area contributed by atoms with E-state index in [1.54, 1.807) is 18.2 Å². The third-order valence-electron chi connectivity index (χ3n) is 5.67. The molecule has 1 aliphatic heterocycles. The lowest BCUT2D eigenvalue weighted by atomic mass is 10.1. The number of carbonyl (C=O) groups excluding carboxylic acids is 2. The molecule has 0 aromatic heterocycles. The first kappa shape index (κ1) is 26.3. The van der Waals surface area contributed by atoms with E-state index in [0.717, 1.165) is 21.7 Å². The Balaban J connectivity index is 1.95. The van der Waals surface area contributed by atoms with Crippen molar-refractivity contribution >= 4 is 27.5 Å². The van der Waals surface area contributed by atoms with E-state index < -0.39 is 28.5 Å². The highest BCUT2D eigenvalue weighted by atomic mass is 32.2. The number of benzene rings is 2. The van der Waals surface area contributed by atoms with Gasteiger partial charge in [0.05, 0.1) is 11.9 Å². The van der Waals surface area contributed by atoms with Gasteiger partial charge in [0.25, 0.3) is 0 Å². The highest BCUT2D eigenvalue weighted by Gasteiger charge is 2.32. The molecule has 0 saturated heterocycles. The summed E-state index contributed by atoms with van der Waals surface area (Å²) in [6.45, 7) is 6.49. The minimum atomic E-state index is -3.83. The molecule has 1 heterocycles. The van der Waals surface area contributed by atoms with Crippen LogP contribution in [0.1, 0.15) is 31.4 Å². The van der Waals surface area contributed by atoms with Crippen LogP contribution in [-0.2, 0) is 26.2 Å². The summed E-state index contributed by atoms with van der Waals surface area (Å²) in [5.74, 6) is 0.175. The van der Waals surface area contributed by atoms with Gasteiger partial charge in [-0.1, -0.05) is 36.8 Å². The molecule has 2 aromatic carbocycles. The summed E-state index contributed by atoms with van der Waals surface area (Å²) < 4.78 is 37.6. The van der Waals surface area contributed by atoms with E-state index in [1.807, 2.05) is 45.0 Å². The molecular formula is C25H33N3O6S. The van der Waals surface area contributed by atoms with Crippen molar-refractivity contribution in [3.05, 3.63) is 53.6 Å². The fourth-order valence-electron chi connectivity index (χ4n) is 4.02. The first-order valence-corrected chi connectivity index (χ1v) is 13.5. The molecule has 1 atom stereocenters. The molecule has 0 saturated carbocycles. The van der Waals surface area contributed by atoms with Gasteiger partial charge in [-0.25, -0.2) is 8.42 Å². The second-order valence-electron chi connectivity index (χ2n) is 8.43. The lowest BCUT2D eigenvalue weighted by molar-refractivity contribution is -0.140. The number of nitrogens with one attached hydrogen (secondary N) is 1. The van der Waals surface area contributed by atoms with Crippen LogP contribution in [0.2, 0.25) is 0 Å². The van der Waals surface area contributed by atoms with Gasteiger partial charge in [-0.15, -0.1) is 0 Å². The molecule has 0 spiro atoms. The predicted octanol–water partition coefficient (Wildman–Crippen LogP) is 2.48. The van der Waals surface area contributed by atoms with Crippen molar-refractivity contribution in [2.75, 3.05) is 36.9 Å². The van der Waals surface area contributed by atoms with Gasteiger partial charge in [-0.2, -0.15) is 0 Å². The summed E-state index contributed by atoms with van der Waals surface area (Å²) in [7, 11) is -3.83. The van der Waals surface area contributed by atoms with Crippen molar-refractivity contribution in [1.29, 1.82) is 0 Å². The van der Waals surface area contributed by atoms with Crippen LogP contribution in [0.25, 0.3) is 0 Å². The van der Waals surface area contributed by atoms with Gasteiger partial charge in [-0.3, -0.25) is 13.9 Å². The van der Waals surface area contributed by atoms with Crippen LogP contribution < -0.4 is 19.1 Å². The second-order valence-corrected chi connectivity index (χ2v) is 10.3. The van der Waals surface area contributed by atoms with Crippen LogP contribution in [0.4, 0.5) is 5.69 Å². The molecule has 190 valence electrons. The van der Waals surface area contributed by atoms with Crippen molar-refractivity contribution < 1.29 is 27.5 Å². The molecular weight excluding hydrogens is 470 g/mol. The molecule has 0 radical (unpaired) electrons. The molecule has 2 aromatic rings. The van der Waals surface area contributed by atoms with Gasteiger partial charge in [0.1, 0.15) is 25.8 Å². The first-order valence-electron chi connectivity index (χ1n) is 11.6. The van der Waals surface area contributed by atoms with Crippen molar-refractivity contribution in [3.8, 4) is 11.5 Å². The van der Waals surface area contributed by atoms with E-state index >= 15 is 0 Å². The van der Waals surface area contributed by atoms with Gasteiger partial charge >= 0.3 is 0 Å². The SMILES string of the molecule is CCNC(=O)C(CC)N(Cc1cccc(C)c1)C(=O)CN(c1ccc2c(c1)OCCO2)S(C)(=O)=O. The van der Waals surface area contributed by atoms with Crippen molar-refractivity contribution in [2.45, 2.75) is 39.8 Å². The van der Waals surface area contributed by atoms with Gasteiger partial charge in [0.2, 0.25) is 21.8 Å². The smallest absolute Gasteiger partial charge is 0.244 e. The van der Waals surface area contributed by atoms with Gasteiger partial charge in [0, 0.05) is 19.2 Å². The summed E-state index contributed by atoms with van der Waals surface area (Å²) in [4.78, 5) is 27.9. The Hall–Kier alpha value is -3.27. The Morgan fingerprint density at radius 3 is 2.40 bits per heavy atom. The maximum absolute atomic E-state index is 13.6. The van der Waals surface area contributed by atoms with E-state index in [1.165, 1.54) is 4.90 Å². The predicted molar refractivity (Wildman–Crippen MR) is 134 cm³/mol. The zero-order chi connectivity index (χ0) is 25.6. The van der Waals surface area contributed by atoms with E-state index in [2.05, 4.69) is 5.32 Å². The Kier molecular flexibility index (Phi) is 8.61. The van der Waals surface area contributed by atoms with Crippen LogP contribution >= 0.6 is 0 Å². The van der Waals surface area contributed by atoms with Gasteiger partial charge < -0.3 is 19.7 Å². The van der Waals surface area contributed by atoms with Crippen LogP contribution in [0.15, 0.2) is 42.5 Å². The highest BCUT2D eigenvalue weighted by Crippen LogP contribution is 2.34. The molecule has 1 unspecified atom stereocenters. The van der Waals surface area contributed by atoms with Crippen molar-refractivity contribution in [2.24, 2.45) is 0 Å². The number of ether oxygens (including phenoxy) is 2. The van der Waals surface area contributed by atoms with Crippen LogP contribution in [0.5, 0.6) is 11.5 Å². The minimum absolute atomic E-state index is 0.175. The second kappa shape index (κ2) is 11.4. The normalized spacial score (nSPS) is 13.6. The number of hydrogen-bond acceptors (Lipinski definition) is 6. The Morgan fingerprint density at radius 1 is 1.06 bits per heavy atom. The van der Waals surface area contributed by atoms with Gasteiger partial charge in [0.15, 0.2) is 11.5 Å². The molecule has 9 nitrogen and oxygen atoms in total. The van der Waals surface area contributed by atoms with Crippen molar-refractivity contribution in [3.63, 3.8) is 0 Å². The fourth-order valence-corrected chi connectivity index (χ4v) is 4.86. The van der Waals surface area contributed by atoms with E-state index in [9.17, 15) is 18.0 Å². The minimum Gasteiger partial charge on any atom is -0.486 e. The molecule has 3 rings (SSSR count). The third-order valence-corrected chi connectivity index (χ3v) is 6.81. The fraction of sp³-hybridized carbons (Fsp3) is 0.440. The zero-order valence-corrected chi connectivity index (χ0v) is 21.4. The number of carbonyl (C=O) groups is 2. The maximum atomic E-state index is 13.6. The molecule has 2 amide bonds. The number of hydrogen-bond donors (Lipinski definition) is 1. The first-order chi connectivity index (χ1) is 16.6. The lowest BCUT2D eigenvalue weighted by Gasteiger charge is -2.33. The number of fused-ring (bicyclic) bond motifs is 1. The third kappa shape index (κ3) is 6.66. The quantitative estimate of drug-likeness (QED) is 0.534. The summed E-state index contributed by atoms with van der Waals surface area (Å²) in [6.07, 6.45) is 1.43. The average molecular weight is 504 g/mol. The Labute approximate surface area is 207 Å². The molecule has 0 aliphatic carbocycles. The van der Waals surface area contributed by atoms with E-state index in [0.29, 0.717) is 37.7 Å². The number of anilines is 1. The number of aryl methyl sites for hydroxylation is 1. The lowest BCUT2D eigenvalue weighted by Crippen LogP contribution is -2.52. The molecule has 0 bridgehead atoms.